The molecule has 1 aliphatic rings. The van der Waals surface area contributed by atoms with Gasteiger partial charge in [-0.1, -0.05) is 56.7 Å². The normalized spacial score (nSPS) is 15.8. The molecule has 0 fully saturated rings. The number of fused-ring (bicyclic) bond motifs is 3. The topological polar surface area (TPSA) is 115 Å². The van der Waals surface area contributed by atoms with Gasteiger partial charge in [0, 0.05) is 12.5 Å². The lowest BCUT2D eigenvalue weighted by Gasteiger charge is -2.26. The van der Waals surface area contributed by atoms with Crippen LogP contribution in [0.4, 0.5) is 5.69 Å². The highest BCUT2D eigenvalue weighted by atomic mass is 16.5. The van der Waals surface area contributed by atoms with Gasteiger partial charge in [-0.3, -0.25) is 14.4 Å². The molecule has 44 heavy (non-hydrogen) atoms. The van der Waals surface area contributed by atoms with E-state index in [9.17, 15) is 14.4 Å². The molecule has 0 saturated carbocycles. The van der Waals surface area contributed by atoms with Crippen molar-refractivity contribution in [3.8, 4) is 28.4 Å². The number of benzene rings is 2. The number of rotatable bonds is 11. The molecule has 0 aliphatic heterocycles. The quantitative estimate of drug-likeness (QED) is 0.263. The van der Waals surface area contributed by atoms with E-state index in [-0.39, 0.29) is 34.9 Å². The van der Waals surface area contributed by atoms with Gasteiger partial charge in [0.2, 0.25) is 23.0 Å². The van der Waals surface area contributed by atoms with Crippen LogP contribution in [0.25, 0.3) is 11.1 Å². The molecule has 0 aromatic heterocycles. The number of nitrogens with one attached hydrogen (secondary N) is 3. The predicted octanol–water partition coefficient (Wildman–Crippen LogP) is 5.57. The molecule has 1 aliphatic carbocycles. The van der Waals surface area contributed by atoms with E-state index in [0.717, 1.165) is 28.7 Å². The number of methoxy groups -OCH3 is 3. The lowest BCUT2D eigenvalue weighted by Crippen LogP contribution is -2.45. The van der Waals surface area contributed by atoms with Gasteiger partial charge < -0.3 is 30.2 Å². The third-order valence-corrected chi connectivity index (χ3v) is 8.38. The van der Waals surface area contributed by atoms with Gasteiger partial charge in [-0.25, -0.2) is 0 Å². The van der Waals surface area contributed by atoms with Gasteiger partial charge in [0.05, 0.1) is 39.1 Å². The van der Waals surface area contributed by atoms with Crippen LogP contribution in [0.15, 0.2) is 59.4 Å². The Morgan fingerprint density at radius 2 is 1.66 bits per heavy atom. The fourth-order valence-corrected chi connectivity index (χ4v) is 5.82. The molecule has 9 heteroatoms. The van der Waals surface area contributed by atoms with Gasteiger partial charge in [-0.05, 0) is 66.1 Å². The number of hydrogen-bond donors (Lipinski definition) is 3. The molecule has 0 radical (unpaired) electrons. The fraction of sp³-hybridized carbons (Fsp3) is 0.400. The minimum Gasteiger partial charge on any atom is -0.493 e. The maximum atomic E-state index is 13.9. The van der Waals surface area contributed by atoms with E-state index in [1.165, 1.54) is 6.92 Å². The first-order chi connectivity index (χ1) is 21.1. The molecule has 0 unspecified atom stereocenters. The smallest absolute Gasteiger partial charge is 0.243 e. The van der Waals surface area contributed by atoms with Crippen molar-refractivity contribution >= 4 is 17.5 Å². The molecule has 0 heterocycles. The second-order valence-corrected chi connectivity index (χ2v) is 11.2. The highest BCUT2D eigenvalue weighted by Gasteiger charge is 2.30. The zero-order valence-electron chi connectivity index (χ0n) is 26.6. The van der Waals surface area contributed by atoms with Gasteiger partial charge >= 0.3 is 0 Å². The molecular weight excluding hydrogens is 558 g/mol. The van der Waals surface area contributed by atoms with Gasteiger partial charge in [-0.2, -0.15) is 0 Å². The summed E-state index contributed by atoms with van der Waals surface area (Å²) >= 11 is 0. The second-order valence-electron chi connectivity index (χ2n) is 11.2. The number of ether oxygens (including phenoxy) is 3. The van der Waals surface area contributed by atoms with Crippen LogP contribution >= 0.6 is 0 Å². The van der Waals surface area contributed by atoms with Crippen molar-refractivity contribution < 1.29 is 23.8 Å². The highest BCUT2D eigenvalue weighted by Crippen LogP contribution is 2.50. The van der Waals surface area contributed by atoms with Crippen molar-refractivity contribution in [3.05, 3.63) is 81.5 Å². The Morgan fingerprint density at radius 1 is 0.955 bits per heavy atom. The first kappa shape index (κ1) is 32.4. The van der Waals surface area contributed by atoms with E-state index in [1.54, 1.807) is 33.5 Å². The Hall–Kier alpha value is -4.53. The maximum Gasteiger partial charge on any atom is 0.243 e. The number of amides is 2. The standard InChI is InChI=1S/C35H43N3O6/c1-8-20(2)32(35(41)36-21(3)23-12-10-9-11-13-23)38-28-17-15-25-26(19-29(28)40)27(37-22(4)39)16-14-24-18-30(42-5)33(43-6)34(44-7)31(24)25/h9-13,15,17-21,27,32H,8,14,16H2,1-7H3,(H,36,41)(H,37,39)(H,38,40)/t20-,21+,27+,32-/m0/s1. The Bertz CT molecular complexity index is 1560. The molecule has 2 amide bonds. The van der Waals surface area contributed by atoms with Crippen LogP contribution in [0.1, 0.15) is 69.3 Å². The summed E-state index contributed by atoms with van der Waals surface area (Å²) < 4.78 is 17.2. The van der Waals surface area contributed by atoms with Crippen molar-refractivity contribution in [2.45, 2.75) is 65.1 Å². The minimum absolute atomic E-state index is 0.0645. The van der Waals surface area contributed by atoms with E-state index >= 15 is 0 Å². The van der Waals surface area contributed by atoms with Crippen molar-refractivity contribution in [2.24, 2.45) is 5.92 Å². The number of hydrogen-bond acceptors (Lipinski definition) is 7. The van der Waals surface area contributed by atoms with Crippen molar-refractivity contribution in [2.75, 3.05) is 26.6 Å². The molecule has 0 spiro atoms. The highest BCUT2D eigenvalue weighted by molar-refractivity contribution is 5.86. The Morgan fingerprint density at radius 3 is 2.27 bits per heavy atom. The summed E-state index contributed by atoms with van der Waals surface area (Å²) in [6.07, 6.45) is 1.88. The predicted molar refractivity (Wildman–Crippen MR) is 173 cm³/mol. The first-order valence-corrected chi connectivity index (χ1v) is 15.0. The number of carbonyl (C=O) groups is 2. The van der Waals surface area contributed by atoms with Crippen LogP contribution < -0.4 is 35.6 Å². The zero-order chi connectivity index (χ0) is 32.0. The summed E-state index contributed by atoms with van der Waals surface area (Å²) in [5.74, 6) is 0.986. The zero-order valence-corrected chi connectivity index (χ0v) is 26.6. The van der Waals surface area contributed by atoms with E-state index in [2.05, 4.69) is 16.0 Å². The molecule has 9 nitrogen and oxygen atoms in total. The SMILES string of the molecule is CC[C@H](C)[C@H](Nc1ccc2c(cc1=O)[C@H](NC(C)=O)CCc1cc(OC)c(OC)c(OC)c1-2)C(=O)N[C@H](C)c1ccccc1. The van der Waals surface area contributed by atoms with E-state index in [0.29, 0.717) is 35.7 Å². The molecular formula is C35H43N3O6. The fourth-order valence-electron chi connectivity index (χ4n) is 5.82. The summed E-state index contributed by atoms with van der Waals surface area (Å²) in [4.78, 5) is 39.7. The lowest BCUT2D eigenvalue weighted by molar-refractivity contribution is -0.123. The number of aryl methyl sites for hydroxylation is 1. The van der Waals surface area contributed by atoms with Gasteiger partial charge in [0.25, 0.3) is 0 Å². The second kappa shape index (κ2) is 14.3. The van der Waals surface area contributed by atoms with Crippen LogP contribution in [-0.4, -0.2) is 39.2 Å². The average Bonchev–Trinajstić information content (AvgIpc) is 3.26. The number of anilines is 1. The Balaban J connectivity index is 1.83. The molecule has 3 N–H and O–H groups in total. The van der Waals surface area contributed by atoms with E-state index in [1.807, 2.05) is 63.2 Å². The third kappa shape index (κ3) is 6.82. The summed E-state index contributed by atoms with van der Waals surface area (Å²) in [5, 5.41) is 9.41. The van der Waals surface area contributed by atoms with Crippen molar-refractivity contribution in [1.82, 2.24) is 10.6 Å². The Labute approximate surface area is 259 Å². The van der Waals surface area contributed by atoms with Crippen LogP contribution in [-0.2, 0) is 16.0 Å². The summed E-state index contributed by atoms with van der Waals surface area (Å²) in [5.41, 5.74) is 4.07. The van der Waals surface area contributed by atoms with E-state index in [4.69, 9.17) is 14.2 Å². The molecule has 0 saturated heterocycles. The molecule has 234 valence electrons. The largest absolute Gasteiger partial charge is 0.493 e. The van der Waals surface area contributed by atoms with Crippen LogP contribution in [0.3, 0.4) is 0 Å². The lowest BCUT2D eigenvalue weighted by atomic mass is 9.95. The monoisotopic (exact) mass is 601 g/mol. The van der Waals surface area contributed by atoms with Crippen molar-refractivity contribution in [3.63, 3.8) is 0 Å². The summed E-state index contributed by atoms with van der Waals surface area (Å²) in [6.45, 7) is 7.40. The summed E-state index contributed by atoms with van der Waals surface area (Å²) in [6, 6.07) is 15.5. The number of carbonyl (C=O) groups excluding carboxylic acids is 2. The van der Waals surface area contributed by atoms with Crippen molar-refractivity contribution in [1.29, 1.82) is 0 Å². The van der Waals surface area contributed by atoms with Gasteiger partial charge in [0.15, 0.2) is 11.5 Å². The average molecular weight is 602 g/mol. The molecule has 3 aromatic carbocycles. The Kier molecular flexibility index (Phi) is 10.5. The summed E-state index contributed by atoms with van der Waals surface area (Å²) in [7, 11) is 4.68. The minimum atomic E-state index is -0.654. The molecule has 4 rings (SSSR count). The molecule has 4 atom stereocenters. The van der Waals surface area contributed by atoms with Crippen LogP contribution in [0.2, 0.25) is 0 Å². The van der Waals surface area contributed by atoms with Crippen LogP contribution in [0, 0.1) is 5.92 Å². The molecule has 3 aromatic rings. The maximum absolute atomic E-state index is 13.9. The first-order valence-electron chi connectivity index (χ1n) is 15.0. The van der Waals surface area contributed by atoms with Gasteiger partial charge in [-0.15, -0.1) is 0 Å². The molecule has 0 bridgehead atoms. The van der Waals surface area contributed by atoms with Crippen LogP contribution in [0.5, 0.6) is 17.2 Å². The van der Waals surface area contributed by atoms with E-state index < -0.39 is 12.1 Å². The third-order valence-electron chi connectivity index (χ3n) is 8.38. The van der Waals surface area contributed by atoms with Gasteiger partial charge in [0.1, 0.15) is 6.04 Å².